The lowest BCUT2D eigenvalue weighted by Crippen LogP contribution is -2.40. The van der Waals surface area contributed by atoms with Crippen LogP contribution in [0.1, 0.15) is 47.3 Å². The fourth-order valence-corrected chi connectivity index (χ4v) is 5.01. The molecule has 0 bridgehead atoms. The second-order valence-electron chi connectivity index (χ2n) is 9.19. The van der Waals surface area contributed by atoms with Gasteiger partial charge in [0.15, 0.2) is 5.65 Å². The lowest BCUT2D eigenvalue weighted by atomic mass is 10.0. The predicted octanol–water partition coefficient (Wildman–Crippen LogP) is 4.24. The van der Waals surface area contributed by atoms with Crippen molar-refractivity contribution >= 4 is 17.1 Å². The van der Waals surface area contributed by atoms with Gasteiger partial charge in [0, 0.05) is 37.3 Å². The molecule has 0 spiro atoms. The summed E-state index contributed by atoms with van der Waals surface area (Å²) in [6.07, 6.45) is 5.61. The van der Waals surface area contributed by atoms with E-state index in [2.05, 4.69) is 26.8 Å². The van der Waals surface area contributed by atoms with E-state index >= 15 is 0 Å². The second kappa shape index (κ2) is 9.90. The van der Waals surface area contributed by atoms with Crippen molar-refractivity contribution in [3.63, 3.8) is 0 Å². The average molecular weight is 474 g/mol. The summed E-state index contributed by atoms with van der Waals surface area (Å²) < 4.78 is 12.9. The van der Waals surface area contributed by atoms with E-state index < -0.39 is 0 Å². The van der Waals surface area contributed by atoms with Gasteiger partial charge in [0.1, 0.15) is 22.9 Å². The minimum atomic E-state index is 0.129. The van der Waals surface area contributed by atoms with Crippen LogP contribution < -0.4 is 4.74 Å². The Balaban J connectivity index is 1.31. The number of nitrogens with zero attached hydrogens (tertiary/aromatic N) is 5. The number of pyridine rings is 1. The molecule has 0 N–H and O–H groups in total. The highest BCUT2D eigenvalue weighted by Crippen LogP contribution is 2.29. The third kappa shape index (κ3) is 4.78. The van der Waals surface area contributed by atoms with Gasteiger partial charge in [-0.15, -0.1) is 0 Å². The van der Waals surface area contributed by atoms with Gasteiger partial charge in [0.05, 0.1) is 19.2 Å². The summed E-state index contributed by atoms with van der Waals surface area (Å²) in [6, 6.07) is 12.4. The van der Waals surface area contributed by atoms with Gasteiger partial charge in [-0.1, -0.05) is 17.3 Å². The zero-order valence-corrected chi connectivity index (χ0v) is 20.5. The highest BCUT2D eigenvalue weighted by Gasteiger charge is 2.28. The first-order valence-electron chi connectivity index (χ1n) is 12.2. The highest BCUT2D eigenvalue weighted by molar-refractivity contribution is 5.79. The molecule has 0 radical (unpaired) electrons. The Kier molecular flexibility index (Phi) is 6.53. The molecule has 182 valence electrons. The van der Waals surface area contributed by atoms with E-state index in [1.807, 2.05) is 49.2 Å². The minimum Gasteiger partial charge on any atom is -0.497 e. The van der Waals surface area contributed by atoms with Crippen molar-refractivity contribution in [3.8, 4) is 5.75 Å². The number of methoxy groups -OCH3 is 1. The molecule has 0 aliphatic carbocycles. The number of carbonyl (C=O) groups is 1. The summed E-state index contributed by atoms with van der Waals surface area (Å²) >= 11 is 0. The zero-order chi connectivity index (χ0) is 24.4. The molecule has 35 heavy (non-hydrogen) atoms. The molecular formula is C27H31N5O3. The number of ether oxygens (including phenoxy) is 1. The highest BCUT2D eigenvalue weighted by atomic mass is 16.5. The van der Waals surface area contributed by atoms with E-state index in [0.717, 1.165) is 65.4 Å². The Bertz CT molecular complexity index is 1310. The van der Waals surface area contributed by atoms with Crippen LogP contribution in [0.2, 0.25) is 0 Å². The van der Waals surface area contributed by atoms with Crippen molar-refractivity contribution in [2.24, 2.45) is 0 Å². The van der Waals surface area contributed by atoms with Gasteiger partial charge in [-0.2, -0.15) is 0 Å². The molecule has 1 aliphatic rings. The number of fused-ring (bicyclic) bond motifs is 1. The van der Waals surface area contributed by atoms with E-state index in [-0.39, 0.29) is 11.9 Å². The number of aromatic nitrogens is 4. The van der Waals surface area contributed by atoms with Crippen LogP contribution in [0.15, 0.2) is 47.1 Å². The van der Waals surface area contributed by atoms with Crippen molar-refractivity contribution in [2.45, 2.75) is 52.0 Å². The third-order valence-electron chi connectivity index (χ3n) is 6.98. The molecule has 1 fully saturated rings. The maximum absolute atomic E-state index is 13.0. The molecule has 5 rings (SSSR count). The average Bonchev–Trinajstić information content (AvgIpc) is 3.42. The molecule has 1 aromatic carbocycles. The van der Waals surface area contributed by atoms with Crippen molar-refractivity contribution < 1.29 is 14.1 Å². The number of aryl methyl sites for hydroxylation is 4. The lowest BCUT2D eigenvalue weighted by molar-refractivity contribution is -0.131. The molecule has 0 saturated carbocycles. The Hall–Kier alpha value is -3.68. The van der Waals surface area contributed by atoms with Crippen molar-refractivity contribution in [3.05, 3.63) is 71.0 Å². The van der Waals surface area contributed by atoms with Gasteiger partial charge < -0.3 is 18.7 Å². The number of carbonyl (C=O) groups excluding carboxylic acids is 1. The monoisotopic (exact) mass is 473 g/mol. The Morgan fingerprint density at radius 2 is 1.97 bits per heavy atom. The van der Waals surface area contributed by atoms with E-state index in [9.17, 15) is 4.79 Å². The first-order valence-corrected chi connectivity index (χ1v) is 12.2. The third-order valence-corrected chi connectivity index (χ3v) is 6.98. The number of amides is 1. The van der Waals surface area contributed by atoms with Crippen molar-refractivity contribution in [2.75, 3.05) is 20.2 Å². The number of hydrogen-bond acceptors (Lipinski definition) is 6. The number of piperidine rings is 1. The summed E-state index contributed by atoms with van der Waals surface area (Å²) in [5, 5.41) is 3.98. The standard InChI is InChI=1S/C27H31N5O3/c1-18-23(19(2)35-30-18)17-26(33)31-14-11-21(12-15-31)32-25(29-24-8-5-13-28-27(24)32)10-9-20-6-4-7-22(16-20)34-3/h4-8,13,16,21H,9-12,14-15,17H2,1-3H3. The molecule has 4 aromatic rings. The molecular weight excluding hydrogens is 442 g/mol. The topological polar surface area (TPSA) is 86.3 Å². The van der Waals surface area contributed by atoms with Crippen LogP contribution in [0.5, 0.6) is 5.75 Å². The maximum Gasteiger partial charge on any atom is 0.227 e. The van der Waals surface area contributed by atoms with Crippen LogP contribution in [0.25, 0.3) is 11.2 Å². The normalized spacial score (nSPS) is 14.5. The largest absolute Gasteiger partial charge is 0.497 e. The van der Waals surface area contributed by atoms with Crippen LogP contribution in [0.3, 0.4) is 0 Å². The Labute approximate surface area is 204 Å². The Morgan fingerprint density at radius 3 is 2.71 bits per heavy atom. The van der Waals surface area contributed by atoms with E-state index in [4.69, 9.17) is 14.2 Å². The van der Waals surface area contributed by atoms with Crippen LogP contribution in [-0.4, -0.2) is 50.7 Å². The fourth-order valence-electron chi connectivity index (χ4n) is 5.01. The van der Waals surface area contributed by atoms with Gasteiger partial charge in [0.2, 0.25) is 5.91 Å². The molecule has 1 amide bonds. The van der Waals surface area contributed by atoms with Crippen LogP contribution in [-0.2, 0) is 24.1 Å². The van der Waals surface area contributed by atoms with Gasteiger partial charge in [-0.3, -0.25) is 4.79 Å². The van der Waals surface area contributed by atoms with Crippen LogP contribution >= 0.6 is 0 Å². The van der Waals surface area contributed by atoms with E-state index in [0.29, 0.717) is 19.5 Å². The molecule has 8 heteroatoms. The summed E-state index contributed by atoms with van der Waals surface area (Å²) in [6.45, 7) is 5.18. The number of hydrogen-bond donors (Lipinski definition) is 0. The molecule has 8 nitrogen and oxygen atoms in total. The SMILES string of the molecule is COc1cccc(CCc2nc3cccnc3n2C2CCN(C(=O)Cc3c(C)noc3C)CC2)c1. The van der Waals surface area contributed by atoms with Crippen LogP contribution in [0, 0.1) is 13.8 Å². The lowest BCUT2D eigenvalue weighted by Gasteiger charge is -2.33. The second-order valence-corrected chi connectivity index (χ2v) is 9.19. The molecule has 1 aliphatic heterocycles. The zero-order valence-electron chi connectivity index (χ0n) is 20.5. The first-order chi connectivity index (χ1) is 17.0. The van der Waals surface area contributed by atoms with Crippen molar-refractivity contribution in [1.29, 1.82) is 0 Å². The van der Waals surface area contributed by atoms with Gasteiger partial charge >= 0.3 is 0 Å². The van der Waals surface area contributed by atoms with Gasteiger partial charge in [-0.25, -0.2) is 9.97 Å². The quantitative estimate of drug-likeness (QED) is 0.399. The summed E-state index contributed by atoms with van der Waals surface area (Å²) in [4.78, 5) is 24.5. The fraction of sp³-hybridized carbons (Fsp3) is 0.407. The van der Waals surface area contributed by atoms with Gasteiger partial charge in [-0.05, 0) is 62.9 Å². The minimum absolute atomic E-state index is 0.129. The summed E-state index contributed by atoms with van der Waals surface area (Å²) in [5.41, 5.74) is 4.76. The van der Waals surface area contributed by atoms with Crippen molar-refractivity contribution in [1.82, 2.24) is 24.6 Å². The van der Waals surface area contributed by atoms with Gasteiger partial charge in [0.25, 0.3) is 0 Å². The first kappa shape index (κ1) is 23.1. The molecule has 3 aromatic heterocycles. The van der Waals surface area contributed by atoms with Crippen LogP contribution in [0.4, 0.5) is 0 Å². The molecule has 0 atom stereocenters. The number of likely N-dealkylation sites (tertiary alicyclic amines) is 1. The maximum atomic E-state index is 13.0. The summed E-state index contributed by atoms with van der Waals surface area (Å²) in [5.74, 6) is 2.76. The number of benzene rings is 1. The molecule has 1 saturated heterocycles. The smallest absolute Gasteiger partial charge is 0.227 e. The number of rotatable bonds is 7. The summed E-state index contributed by atoms with van der Waals surface area (Å²) in [7, 11) is 1.69. The molecule has 0 unspecified atom stereocenters. The number of imidazole rings is 1. The predicted molar refractivity (Wildman–Crippen MR) is 132 cm³/mol. The molecule has 4 heterocycles. The van der Waals surface area contributed by atoms with E-state index in [1.165, 1.54) is 5.56 Å². The Morgan fingerprint density at radius 1 is 1.14 bits per heavy atom. The van der Waals surface area contributed by atoms with E-state index in [1.54, 1.807) is 7.11 Å².